The van der Waals surface area contributed by atoms with E-state index in [2.05, 4.69) is 85.3 Å². The molecule has 0 radical (unpaired) electrons. The third kappa shape index (κ3) is 11.8. The van der Waals surface area contributed by atoms with Crippen LogP contribution in [0.1, 0.15) is 127 Å². The number of alkyl halides is 1. The molecule has 2 atom stereocenters. The minimum absolute atomic E-state index is 0.0688. The first-order chi connectivity index (χ1) is 20.7. The normalized spacial score (nSPS) is 19.5. The Balaban J connectivity index is 0.000000250. The molecule has 1 aliphatic heterocycles. The highest BCUT2D eigenvalue weighted by atomic mass is 19.1. The van der Waals surface area contributed by atoms with Crippen molar-refractivity contribution >= 4 is 11.5 Å². The van der Waals surface area contributed by atoms with Gasteiger partial charge in [0.1, 0.15) is 11.9 Å². The third-order valence-corrected chi connectivity index (χ3v) is 9.51. The third-order valence-electron chi connectivity index (χ3n) is 9.51. The zero-order valence-electron chi connectivity index (χ0n) is 29.4. The van der Waals surface area contributed by atoms with Crippen LogP contribution in [-0.2, 0) is 24.2 Å². The van der Waals surface area contributed by atoms with Gasteiger partial charge in [0.2, 0.25) is 0 Å². The summed E-state index contributed by atoms with van der Waals surface area (Å²) in [4.78, 5) is 13.3. The van der Waals surface area contributed by atoms with Crippen molar-refractivity contribution in [2.24, 2.45) is 11.3 Å². The maximum Gasteiger partial charge on any atom is 0.151 e. The highest BCUT2D eigenvalue weighted by molar-refractivity contribution is 5.75. The highest BCUT2D eigenvalue weighted by Crippen LogP contribution is 2.47. The Morgan fingerprint density at radius 1 is 1.16 bits per heavy atom. The van der Waals surface area contributed by atoms with E-state index in [1.54, 1.807) is 11.6 Å². The highest BCUT2D eigenvalue weighted by Gasteiger charge is 2.34. The van der Waals surface area contributed by atoms with Crippen LogP contribution in [0.5, 0.6) is 0 Å². The topological polar surface area (TPSA) is 58.4 Å². The van der Waals surface area contributed by atoms with E-state index < -0.39 is 12.3 Å². The Labute approximate surface area is 268 Å². The summed E-state index contributed by atoms with van der Waals surface area (Å²) in [7, 11) is 0. The lowest BCUT2D eigenvalue weighted by Crippen LogP contribution is -2.43. The van der Waals surface area contributed by atoms with Crippen LogP contribution in [0, 0.1) is 32.1 Å². The number of aliphatic hydroxyl groups excluding tert-OH is 1. The van der Waals surface area contributed by atoms with Gasteiger partial charge in [-0.15, -0.1) is 0 Å². The average Bonchev–Trinajstić information content (AvgIpc) is 3.37. The number of fused-ring (bicyclic) bond motifs is 1. The average molecular weight is 612 g/mol. The van der Waals surface area contributed by atoms with Crippen LogP contribution < -0.4 is 0 Å². The Morgan fingerprint density at radius 3 is 2.23 bits per heavy atom. The molecule has 2 aliphatic carbocycles. The van der Waals surface area contributed by atoms with E-state index in [0.29, 0.717) is 18.7 Å². The molecule has 2 heterocycles. The van der Waals surface area contributed by atoms with Gasteiger partial charge in [-0.1, -0.05) is 85.1 Å². The first-order valence-electron chi connectivity index (χ1n) is 17.1. The van der Waals surface area contributed by atoms with Crippen molar-refractivity contribution in [3.63, 3.8) is 0 Å². The summed E-state index contributed by atoms with van der Waals surface area (Å²) in [5, 5.41) is 14.1. The monoisotopic (exact) mass is 611 g/mol. The predicted octanol–water partition coefficient (Wildman–Crippen LogP) is 8.98. The molecule has 2 unspecified atom stereocenters. The van der Waals surface area contributed by atoms with Gasteiger partial charge in [0, 0.05) is 17.8 Å². The minimum atomic E-state index is -1.25. The van der Waals surface area contributed by atoms with Gasteiger partial charge in [0.05, 0.1) is 24.9 Å². The number of unbranched alkanes of at least 4 members (excludes halogenated alkanes) is 1. The number of ketones is 1. The Kier molecular flexibility index (Phi) is 15.3. The molecule has 0 spiro atoms. The predicted molar refractivity (Wildman–Crippen MR) is 184 cm³/mol. The number of aromatic nitrogens is 2. The van der Waals surface area contributed by atoms with Crippen molar-refractivity contribution in [1.29, 1.82) is 0 Å². The molecule has 5 rings (SSSR count). The fraction of sp³-hybridized carbons (Fsp3) is 0.684. The quantitative estimate of drug-likeness (QED) is 0.324. The second-order valence-corrected chi connectivity index (χ2v) is 14.0. The fourth-order valence-corrected chi connectivity index (χ4v) is 5.45. The van der Waals surface area contributed by atoms with Gasteiger partial charge in [0.25, 0.3) is 0 Å². The second-order valence-electron chi connectivity index (χ2n) is 14.0. The lowest BCUT2D eigenvalue weighted by Gasteiger charge is -2.34. The molecule has 6 heteroatoms. The lowest BCUT2D eigenvalue weighted by molar-refractivity contribution is -0.117. The summed E-state index contributed by atoms with van der Waals surface area (Å²) in [5.41, 5.74) is 8.72. The first-order valence-corrected chi connectivity index (χ1v) is 17.1. The van der Waals surface area contributed by atoms with Crippen LogP contribution in [0.2, 0.25) is 0 Å². The summed E-state index contributed by atoms with van der Waals surface area (Å²) >= 11 is 0. The number of hydrogen-bond donors (Lipinski definition) is 1. The van der Waals surface area contributed by atoms with Crippen LogP contribution in [-0.4, -0.2) is 50.9 Å². The summed E-state index contributed by atoms with van der Waals surface area (Å²) in [6.45, 7) is 24.5. The number of carbonyl (C=O) groups is 1. The van der Waals surface area contributed by atoms with Crippen LogP contribution >= 0.6 is 0 Å². The zero-order valence-corrected chi connectivity index (χ0v) is 29.4. The largest absolute Gasteiger partial charge is 0.390 e. The van der Waals surface area contributed by atoms with Gasteiger partial charge in [-0.25, -0.2) is 4.39 Å². The minimum Gasteiger partial charge on any atom is -0.390 e. The standard InChI is InChI=1S/C16H22FN3O2.C9H12.C7H16.C6H12/c1-10(21)8-20-14-5-3-4-12(14)16(18-20)11(2)19-7-6-15(22)13(17)9-19;1-7-5-4-6-8(2)9(7)3;1-4-5-6-7(2)3;1-3-6(2)4-5-6/h13,15,22H,2-9H2,1H3;4-6H,1-3H3;7H,4-6H2,1-3H3;3-5H2,1-2H3. The molecule has 1 saturated carbocycles. The number of carbonyl (C=O) groups excluding carboxylic acids is 1. The maximum atomic E-state index is 13.8. The van der Waals surface area contributed by atoms with Gasteiger partial charge in [0.15, 0.2) is 5.78 Å². The molecule has 44 heavy (non-hydrogen) atoms. The number of Topliss-reactive ketones (excluding diaryl/α,β-unsaturated/α-hetero) is 1. The van der Waals surface area contributed by atoms with E-state index in [1.165, 1.54) is 55.2 Å². The number of rotatable bonds is 8. The maximum absolute atomic E-state index is 13.8. The molecule has 0 amide bonds. The number of hydrogen-bond acceptors (Lipinski definition) is 4. The van der Waals surface area contributed by atoms with Crippen LogP contribution in [0.3, 0.4) is 0 Å². The molecule has 1 N–H and O–H groups in total. The van der Waals surface area contributed by atoms with Crippen LogP contribution in [0.15, 0.2) is 24.8 Å². The van der Waals surface area contributed by atoms with Gasteiger partial charge in [-0.3, -0.25) is 9.48 Å². The summed E-state index contributed by atoms with van der Waals surface area (Å²) in [6, 6.07) is 6.38. The van der Waals surface area contributed by atoms with E-state index in [-0.39, 0.29) is 18.9 Å². The Hall–Kier alpha value is -2.47. The molecule has 5 nitrogen and oxygen atoms in total. The number of likely N-dealkylation sites (tertiary alicyclic amines) is 1. The van der Waals surface area contributed by atoms with Crippen molar-refractivity contribution < 1.29 is 14.3 Å². The van der Waals surface area contributed by atoms with Crippen molar-refractivity contribution in [3.05, 3.63) is 58.4 Å². The number of nitrogens with zero attached hydrogens (tertiary/aromatic N) is 3. The van der Waals surface area contributed by atoms with Crippen LogP contribution in [0.25, 0.3) is 5.70 Å². The van der Waals surface area contributed by atoms with Gasteiger partial charge < -0.3 is 10.0 Å². The van der Waals surface area contributed by atoms with Gasteiger partial charge in [-0.2, -0.15) is 5.10 Å². The van der Waals surface area contributed by atoms with E-state index in [4.69, 9.17) is 0 Å². The Morgan fingerprint density at radius 2 is 1.80 bits per heavy atom. The number of aliphatic hydroxyl groups is 1. The Bertz CT molecular complexity index is 1180. The van der Waals surface area contributed by atoms with Crippen LogP contribution in [0.4, 0.5) is 4.39 Å². The molecular weight excluding hydrogens is 549 g/mol. The lowest BCUT2D eigenvalue weighted by atomic mass is 10.0. The molecule has 1 saturated heterocycles. The fourth-order valence-electron chi connectivity index (χ4n) is 5.45. The molecule has 1 aromatic carbocycles. The summed E-state index contributed by atoms with van der Waals surface area (Å²) in [5.74, 6) is 0.972. The summed E-state index contributed by atoms with van der Waals surface area (Å²) < 4.78 is 15.5. The number of piperidine rings is 1. The van der Waals surface area contributed by atoms with Gasteiger partial charge in [-0.05, 0) is 94.2 Å². The second kappa shape index (κ2) is 17.9. The van der Waals surface area contributed by atoms with Crippen molar-refractivity contribution in [2.45, 2.75) is 145 Å². The molecule has 1 aromatic heterocycles. The number of aryl methyl sites for hydroxylation is 2. The molecule has 2 aromatic rings. The molecule has 0 bridgehead atoms. The molecule has 3 aliphatic rings. The zero-order chi connectivity index (χ0) is 33.0. The molecular formula is C38H62FN3O2. The van der Waals surface area contributed by atoms with Crippen molar-refractivity contribution in [1.82, 2.24) is 14.7 Å². The molecule has 2 fully saturated rings. The van der Waals surface area contributed by atoms with E-state index in [1.807, 2.05) is 4.90 Å². The molecule has 248 valence electrons. The smallest absolute Gasteiger partial charge is 0.151 e. The SMILES string of the molecule is C=C(c1nn(CC(C)=O)c2c1CCC2)N1CCC(O)C(F)C1.CCC1(C)CC1.CCCCC(C)C.Cc1cccc(C)c1C. The van der Waals surface area contributed by atoms with E-state index in [0.717, 1.165) is 47.5 Å². The van der Waals surface area contributed by atoms with Crippen molar-refractivity contribution in [3.8, 4) is 0 Å². The first kappa shape index (κ1) is 37.7. The summed E-state index contributed by atoms with van der Waals surface area (Å²) in [6.07, 6.45) is 9.64. The number of benzene rings is 1. The number of halogens is 1. The van der Waals surface area contributed by atoms with E-state index in [9.17, 15) is 14.3 Å². The van der Waals surface area contributed by atoms with Crippen molar-refractivity contribution in [2.75, 3.05) is 13.1 Å². The van der Waals surface area contributed by atoms with E-state index >= 15 is 0 Å². The van der Waals surface area contributed by atoms with Gasteiger partial charge >= 0.3 is 0 Å².